The molecule has 2 aromatic heterocycles. The summed E-state index contributed by atoms with van der Waals surface area (Å²) in [5.74, 6) is -0.0568. The average molecular weight is 406 g/mol. The highest BCUT2D eigenvalue weighted by molar-refractivity contribution is 7.93. The van der Waals surface area contributed by atoms with Gasteiger partial charge in [-0.1, -0.05) is 5.16 Å². The first-order valence-electron chi connectivity index (χ1n) is 8.14. The van der Waals surface area contributed by atoms with Gasteiger partial charge < -0.3 is 9.26 Å². The van der Waals surface area contributed by atoms with Gasteiger partial charge >= 0.3 is 5.97 Å². The van der Waals surface area contributed by atoms with Crippen molar-refractivity contribution in [1.82, 2.24) is 5.16 Å². The molecule has 0 aliphatic heterocycles. The minimum absolute atomic E-state index is 0.163. The van der Waals surface area contributed by atoms with Crippen LogP contribution in [0.5, 0.6) is 0 Å². The minimum Gasteiger partial charge on any atom is -0.462 e. The molecule has 0 fully saturated rings. The van der Waals surface area contributed by atoms with Crippen LogP contribution in [0.3, 0.4) is 0 Å². The maximum Gasteiger partial charge on any atom is 0.338 e. The Morgan fingerprint density at radius 3 is 2.48 bits per heavy atom. The predicted octanol–water partition coefficient (Wildman–Crippen LogP) is 4.00. The number of nitrogens with zero attached hydrogens (tertiary/aromatic N) is 1. The molecular weight excluding hydrogens is 388 g/mol. The van der Waals surface area contributed by atoms with Gasteiger partial charge in [-0.3, -0.25) is 4.72 Å². The number of benzene rings is 1. The Hall–Kier alpha value is -2.65. The van der Waals surface area contributed by atoms with Crippen molar-refractivity contribution >= 4 is 33.0 Å². The summed E-state index contributed by atoms with van der Waals surface area (Å²) < 4.78 is 38.7. The number of thiophene rings is 1. The van der Waals surface area contributed by atoms with Crippen LogP contribution in [0.15, 0.2) is 45.9 Å². The highest BCUT2D eigenvalue weighted by Crippen LogP contribution is 2.39. The van der Waals surface area contributed by atoms with Crippen molar-refractivity contribution in [3.05, 3.63) is 51.8 Å². The summed E-state index contributed by atoms with van der Waals surface area (Å²) in [7, 11) is -3.87. The van der Waals surface area contributed by atoms with Gasteiger partial charge in [0.25, 0.3) is 10.0 Å². The van der Waals surface area contributed by atoms with Crippen LogP contribution >= 0.6 is 11.3 Å². The normalized spacial score (nSPS) is 11.4. The maximum atomic E-state index is 13.0. The number of hydrogen-bond donors (Lipinski definition) is 1. The van der Waals surface area contributed by atoms with Crippen LogP contribution in [0.25, 0.3) is 11.3 Å². The fourth-order valence-corrected chi connectivity index (χ4v) is 5.64. The highest BCUT2D eigenvalue weighted by atomic mass is 32.2. The average Bonchev–Trinajstić information content (AvgIpc) is 3.22. The zero-order valence-corrected chi connectivity index (χ0v) is 16.6. The maximum absolute atomic E-state index is 13.0. The van der Waals surface area contributed by atoms with Gasteiger partial charge in [0.2, 0.25) is 0 Å². The molecule has 7 nitrogen and oxygen atoms in total. The monoisotopic (exact) mass is 406 g/mol. The topological polar surface area (TPSA) is 98.5 Å². The van der Waals surface area contributed by atoms with Gasteiger partial charge in [-0.15, -0.1) is 11.3 Å². The number of carbonyl (C=O) groups excluding carboxylic acids is 1. The lowest BCUT2D eigenvalue weighted by molar-refractivity contribution is 0.0526. The number of nitrogens with one attached hydrogen (secondary N) is 1. The Bertz CT molecular complexity index is 1050. The van der Waals surface area contributed by atoms with Crippen LogP contribution in [0.4, 0.5) is 5.69 Å². The summed E-state index contributed by atoms with van der Waals surface area (Å²) in [4.78, 5) is 13.3. The molecule has 1 N–H and O–H groups in total. The number of carbonyl (C=O) groups is 1. The SMILES string of the molecule is CCOC(=O)c1ccc(NS(=O)(=O)c2c(C)sc(C)c2-c2ccno2)cc1. The van der Waals surface area contributed by atoms with E-state index in [0.717, 1.165) is 4.88 Å². The van der Waals surface area contributed by atoms with Gasteiger partial charge in [0.1, 0.15) is 4.90 Å². The van der Waals surface area contributed by atoms with E-state index in [2.05, 4.69) is 9.88 Å². The Kier molecular flexibility index (Phi) is 5.33. The van der Waals surface area contributed by atoms with Crippen LogP contribution in [0.1, 0.15) is 27.0 Å². The lowest BCUT2D eigenvalue weighted by Gasteiger charge is -2.10. The standard InChI is InChI=1S/C18H18N2O5S2/c1-4-24-18(21)13-5-7-14(8-6-13)20-27(22,23)17-12(3)26-11(2)16(17)15-9-10-19-25-15/h5-10,20H,4H2,1-3H3. The molecule has 0 spiro atoms. The van der Waals surface area contributed by atoms with Crippen LogP contribution in [-0.2, 0) is 14.8 Å². The Morgan fingerprint density at radius 1 is 1.19 bits per heavy atom. The van der Waals surface area contributed by atoms with Gasteiger partial charge in [-0.05, 0) is 45.0 Å². The van der Waals surface area contributed by atoms with Gasteiger partial charge in [-0.2, -0.15) is 0 Å². The zero-order chi connectivity index (χ0) is 19.6. The molecule has 1 aromatic carbocycles. The molecule has 0 radical (unpaired) electrons. The third-order valence-electron chi connectivity index (χ3n) is 3.81. The summed E-state index contributed by atoms with van der Waals surface area (Å²) in [6.07, 6.45) is 1.47. The molecular formula is C18H18N2O5S2. The third kappa shape index (κ3) is 3.88. The van der Waals surface area contributed by atoms with Gasteiger partial charge in [-0.25, -0.2) is 13.2 Å². The second kappa shape index (κ2) is 7.53. The van der Waals surface area contributed by atoms with Crippen molar-refractivity contribution in [3.63, 3.8) is 0 Å². The van der Waals surface area contributed by atoms with Crippen molar-refractivity contribution < 1.29 is 22.5 Å². The first kappa shape index (κ1) is 19.1. The molecule has 0 amide bonds. The number of aromatic nitrogens is 1. The van der Waals surface area contributed by atoms with E-state index < -0.39 is 16.0 Å². The van der Waals surface area contributed by atoms with Crippen molar-refractivity contribution in [2.24, 2.45) is 0 Å². The molecule has 3 aromatic rings. The fourth-order valence-electron chi connectivity index (χ4n) is 2.71. The van der Waals surface area contributed by atoms with E-state index in [1.165, 1.54) is 41.8 Å². The molecule has 0 atom stereocenters. The van der Waals surface area contributed by atoms with E-state index in [1.54, 1.807) is 19.9 Å². The van der Waals surface area contributed by atoms with Crippen LogP contribution in [0, 0.1) is 13.8 Å². The van der Waals surface area contributed by atoms with Crippen molar-refractivity contribution in [2.75, 3.05) is 11.3 Å². The number of anilines is 1. The molecule has 0 bridgehead atoms. The predicted molar refractivity (Wildman–Crippen MR) is 102 cm³/mol. The van der Waals surface area contributed by atoms with E-state index in [-0.39, 0.29) is 11.5 Å². The molecule has 9 heteroatoms. The Balaban J connectivity index is 1.93. The second-order valence-electron chi connectivity index (χ2n) is 5.70. The largest absolute Gasteiger partial charge is 0.462 e. The number of sulfonamides is 1. The third-order valence-corrected chi connectivity index (χ3v) is 6.51. The molecule has 0 aliphatic carbocycles. The van der Waals surface area contributed by atoms with Crippen molar-refractivity contribution in [1.29, 1.82) is 0 Å². The smallest absolute Gasteiger partial charge is 0.338 e. The van der Waals surface area contributed by atoms with Crippen LogP contribution < -0.4 is 4.72 Å². The summed E-state index contributed by atoms with van der Waals surface area (Å²) in [5, 5.41) is 3.67. The lowest BCUT2D eigenvalue weighted by atomic mass is 10.2. The van der Waals surface area contributed by atoms with E-state index in [1.807, 2.05) is 6.92 Å². The summed E-state index contributed by atoms with van der Waals surface area (Å²) in [6.45, 7) is 5.57. The number of ether oxygens (including phenoxy) is 1. The number of esters is 1. The molecule has 2 heterocycles. The number of rotatable bonds is 6. The Morgan fingerprint density at radius 2 is 1.89 bits per heavy atom. The molecule has 0 unspecified atom stereocenters. The Labute approximate surface area is 161 Å². The summed E-state index contributed by atoms with van der Waals surface area (Å²) in [5.41, 5.74) is 1.20. The zero-order valence-electron chi connectivity index (χ0n) is 15.0. The highest BCUT2D eigenvalue weighted by Gasteiger charge is 2.28. The molecule has 3 rings (SSSR count). The number of aryl methyl sites for hydroxylation is 2. The summed E-state index contributed by atoms with van der Waals surface area (Å²) in [6, 6.07) is 7.69. The molecule has 0 aliphatic rings. The van der Waals surface area contributed by atoms with E-state index in [9.17, 15) is 13.2 Å². The second-order valence-corrected chi connectivity index (χ2v) is 8.75. The van der Waals surface area contributed by atoms with Crippen LogP contribution in [-0.4, -0.2) is 26.2 Å². The minimum atomic E-state index is -3.87. The first-order valence-corrected chi connectivity index (χ1v) is 10.4. The van der Waals surface area contributed by atoms with Gasteiger partial charge in [0.05, 0.1) is 23.9 Å². The molecule has 142 valence electrons. The van der Waals surface area contributed by atoms with Gasteiger partial charge in [0.15, 0.2) is 5.76 Å². The molecule has 0 saturated carbocycles. The van der Waals surface area contributed by atoms with Gasteiger partial charge in [0, 0.05) is 21.5 Å². The van der Waals surface area contributed by atoms with Crippen molar-refractivity contribution in [2.45, 2.75) is 25.7 Å². The first-order chi connectivity index (χ1) is 12.8. The van der Waals surface area contributed by atoms with Crippen LogP contribution in [0.2, 0.25) is 0 Å². The quantitative estimate of drug-likeness (QED) is 0.621. The molecule has 0 saturated heterocycles. The van der Waals surface area contributed by atoms with E-state index >= 15 is 0 Å². The number of hydrogen-bond acceptors (Lipinski definition) is 7. The van der Waals surface area contributed by atoms with E-state index in [4.69, 9.17) is 9.26 Å². The fraction of sp³-hybridized carbons (Fsp3) is 0.222. The molecule has 27 heavy (non-hydrogen) atoms. The van der Waals surface area contributed by atoms with Crippen molar-refractivity contribution in [3.8, 4) is 11.3 Å². The lowest BCUT2D eigenvalue weighted by Crippen LogP contribution is -2.14. The summed E-state index contributed by atoms with van der Waals surface area (Å²) >= 11 is 1.38. The van der Waals surface area contributed by atoms with E-state index in [0.29, 0.717) is 27.5 Å².